The first-order valence-corrected chi connectivity index (χ1v) is 5.86. The summed E-state index contributed by atoms with van der Waals surface area (Å²) in [6, 6.07) is 0. The highest BCUT2D eigenvalue weighted by atomic mass is 16.5. The predicted molar refractivity (Wildman–Crippen MR) is 62.3 cm³/mol. The van der Waals surface area contributed by atoms with Crippen LogP contribution < -0.4 is 0 Å². The van der Waals surface area contributed by atoms with Crippen molar-refractivity contribution in [1.82, 2.24) is 0 Å². The van der Waals surface area contributed by atoms with Crippen LogP contribution in [-0.2, 0) is 14.3 Å². The SMILES string of the molecule is CO[C@H]1CC(=O)C=C(CCCCC(C)=O)C1. The number of allylic oxidation sites excluding steroid dienone is 1. The van der Waals surface area contributed by atoms with E-state index in [0.29, 0.717) is 12.8 Å². The molecule has 1 atom stereocenters. The zero-order chi connectivity index (χ0) is 12.0. The molecule has 0 bridgehead atoms. The van der Waals surface area contributed by atoms with E-state index in [4.69, 9.17) is 4.74 Å². The molecule has 0 fully saturated rings. The van der Waals surface area contributed by atoms with Crippen LogP contribution in [0.25, 0.3) is 0 Å². The van der Waals surface area contributed by atoms with Crippen molar-refractivity contribution >= 4 is 11.6 Å². The van der Waals surface area contributed by atoms with Crippen LogP contribution in [0.4, 0.5) is 0 Å². The van der Waals surface area contributed by atoms with E-state index in [2.05, 4.69) is 0 Å². The first-order valence-electron chi connectivity index (χ1n) is 5.86. The topological polar surface area (TPSA) is 43.4 Å². The molecule has 3 nitrogen and oxygen atoms in total. The van der Waals surface area contributed by atoms with Crippen molar-refractivity contribution in [2.45, 2.75) is 51.6 Å². The van der Waals surface area contributed by atoms with Crippen LogP contribution in [0.15, 0.2) is 11.6 Å². The lowest BCUT2D eigenvalue weighted by Gasteiger charge is -2.20. The number of carbonyl (C=O) groups is 2. The van der Waals surface area contributed by atoms with E-state index in [-0.39, 0.29) is 17.7 Å². The van der Waals surface area contributed by atoms with Crippen LogP contribution in [-0.4, -0.2) is 24.8 Å². The van der Waals surface area contributed by atoms with Crippen LogP contribution in [0.2, 0.25) is 0 Å². The second-order valence-corrected chi connectivity index (χ2v) is 4.44. The summed E-state index contributed by atoms with van der Waals surface area (Å²) in [6.07, 6.45) is 6.64. The number of hydrogen-bond acceptors (Lipinski definition) is 3. The van der Waals surface area contributed by atoms with Crippen LogP contribution in [0.5, 0.6) is 0 Å². The Balaban J connectivity index is 2.30. The third-order valence-electron chi connectivity index (χ3n) is 2.89. The molecule has 0 unspecified atom stereocenters. The zero-order valence-corrected chi connectivity index (χ0v) is 10.1. The molecular formula is C13H20O3. The smallest absolute Gasteiger partial charge is 0.158 e. The maximum absolute atomic E-state index is 11.4. The zero-order valence-electron chi connectivity index (χ0n) is 10.1. The van der Waals surface area contributed by atoms with Crippen LogP contribution in [0, 0.1) is 0 Å². The molecule has 1 aliphatic carbocycles. The molecular weight excluding hydrogens is 204 g/mol. The van der Waals surface area contributed by atoms with Gasteiger partial charge >= 0.3 is 0 Å². The van der Waals surface area contributed by atoms with Gasteiger partial charge in [-0.05, 0) is 38.7 Å². The van der Waals surface area contributed by atoms with E-state index in [1.54, 1.807) is 20.1 Å². The summed E-state index contributed by atoms with van der Waals surface area (Å²) in [6.45, 7) is 1.62. The van der Waals surface area contributed by atoms with Crippen molar-refractivity contribution in [3.63, 3.8) is 0 Å². The first kappa shape index (κ1) is 13.1. The molecule has 0 radical (unpaired) electrons. The van der Waals surface area contributed by atoms with Gasteiger partial charge in [-0.25, -0.2) is 0 Å². The number of unbranched alkanes of at least 4 members (excludes halogenated alkanes) is 1. The van der Waals surface area contributed by atoms with E-state index < -0.39 is 0 Å². The average Bonchev–Trinajstić information content (AvgIpc) is 2.23. The number of ether oxygens (including phenoxy) is 1. The van der Waals surface area contributed by atoms with Crippen molar-refractivity contribution in [2.24, 2.45) is 0 Å². The van der Waals surface area contributed by atoms with Crippen molar-refractivity contribution in [3.8, 4) is 0 Å². The molecule has 0 spiro atoms. The summed E-state index contributed by atoms with van der Waals surface area (Å²) < 4.78 is 5.22. The molecule has 0 aromatic carbocycles. The molecule has 0 aromatic rings. The van der Waals surface area contributed by atoms with Gasteiger partial charge in [-0.3, -0.25) is 4.79 Å². The molecule has 0 saturated heterocycles. The number of Topliss-reactive ketones (excluding diaryl/α,β-unsaturated/α-hetero) is 1. The summed E-state index contributed by atoms with van der Waals surface area (Å²) in [5.74, 6) is 0.406. The van der Waals surface area contributed by atoms with Crippen molar-refractivity contribution in [3.05, 3.63) is 11.6 Å². The summed E-state index contributed by atoms with van der Waals surface area (Å²) in [5, 5.41) is 0. The van der Waals surface area contributed by atoms with Gasteiger partial charge in [0.2, 0.25) is 0 Å². The van der Waals surface area contributed by atoms with Gasteiger partial charge in [0, 0.05) is 20.0 Å². The van der Waals surface area contributed by atoms with Gasteiger partial charge < -0.3 is 9.53 Å². The Morgan fingerprint density at radius 1 is 1.44 bits per heavy atom. The third kappa shape index (κ3) is 4.71. The Labute approximate surface area is 96.9 Å². The molecule has 3 heteroatoms. The molecule has 16 heavy (non-hydrogen) atoms. The number of carbonyl (C=O) groups excluding carboxylic acids is 2. The molecule has 0 N–H and O–H groups in total. The normalized spacial score (nSPS) is 20.8. The second-order valence-electron chi connectivity index (χ2n) is 4.44. The van der Waals surface area contributed by atoms with Crippen molar-refractivity contribution in [2.75, 3.05) is 7.11 Å². The fourth-order valence-corrected chi connectivity index (χ4v) is 2.00. The van der Waals surface area contributed by atoms with Crippen molar-refractivity contribution < 1.29 is 14.3 Å². The summed E-state index contributed by atoms with van der Waals surface area (Å²) in [5.41, 5.74) is 1.17. The monoisotopic (exact) mass is 224 g/mol. The molecule has 90 valence electrons. The molecule has 0 saturated carbocycles. The molecule has 1 rings (SSSR count). The lowest BCUT2D eigenvalue weighted by molar-refractivity contribution is -0.118. The van der Waals surface area contributed by atoms with Gasteiger partial charge in [0.25, 0.3) is 0 Å². The summed E-state index contributed by atoms with van der Waals surface area (Å²) >= 11 is 0. The standard InChI is InChI=1S/C13H20O3/c1-10(14)5-3-4-6-11-7-12(15)9-13(8-11)16-2/h7,13H,3-6,8-9H2,1-2H3/t13-/m1/s1. The highest BCUT2D eigenvalue weighted by Crippen LogP contribution is 2.22. The molecule has 0 amide bonds. The Bertz CT molecular complexity index is 292. The third-order valence-corrected chi connectivity index (χ3v) is 2.89. The fourth-order valence-electron chi connectivity index (χ4n) is 2.00. The van der Waals surface area contributed by atoms with Crippen LogP contribution >= 0.6 is 0 Å². The van der Waals surface area contributed by atoms with Gasteiger partial charge in [0.15, 0.2) is 5.78 Å². The molecule has 0 aromatic heterocycles. The minimum Gasteiger partial charge on any atom is -0.381 e. The Morgan fingerprint density at radius 2 is 2.19 bits per heavy atom. The lowest BCUT2D eigenvalue weighted by atomic mass is 9.92. The molecule has 0 heterocycles. The van der Waals surface area contributed by atoms with E-state index in [9.17, 15) is 9.59 Å². The Kier molecular flexibility index (Phi) is 5.39. The quantitative estimate of drug-likeness (QED) is 0.651. The highest BCUT2D eigenvalue weighted by molar-refractivity contribution is 5.91. The number of ketones is 2. The summed E-state index contributed by atoms with van der Waals surface area (Å²) in [4.78, 5) is 22.1. The largest absolute Gasteiger partial charge is 0.381 e. The van der Waals surface area contributed by atoms with Gasteiger partial charge in [-0.1, -0.05) is 5.57 Å². The van der Waals surface area contributed by atoms with Gasteiger partial charge in [0.05, 0.1) is 6.10 Å². The molecule has 1 aliphatic rings. The maximum atomic E-state index is 11.4. The minimum atomic E-state index is 0.0558. The van der Waals surface area contributed by atoms with E-state index in [1.807, 2.05) is 0 Å². The van der Waals surface area contributed by atoms with E-state index >= 15 is 0 Å². The van der Waals surface area contributed by atoms with E-state index in [0.717, 1.165) is 25.7 Å². The fraction of sp³-hybridized carbons (Fsp3) is 0.692. The second kappa shape index (κ2) is 6.59. The van der Waals surface area contributed by atoms with Gasteiger partial charge in [-0.15, -0.1) is 0 Å². The van der Waals surface area contributed by atoms with Crippen LogP contribution in [0.3, 0.4) is 0 Å². The molecule has 0 aliphatic heterocycles. The number of rotatable bonds is 6. The van der Waals surface area contributed by atoms with Gasteiger partial charge in [0.1, 0.15) is 5.78 Å². The Morgan fingerprint density at radius 3 is 2.81 bits per heavy atom. The predicted octanol–water partition coefficient (Wildman–Crippen LogP) is 2.44. The van der Waals surface area contributed by atoms with Crippen molar-refractivity contribution in [1.29, 1.82) is 0 Å². The number of methoxy groups -OCH3 is 1. The number of hydrogen-bond donors (Lipinski definition) is 0. The lowest BCUT2D eigenvalue weighted by Crippen LogP contribution is -2.20. The average molecular weight is 224 g/mol. The Hall–Kier alpha value is -0.960. The highest BCUT2D eigenvalue weighted by Gasteiger charge is 2.19. The maximum Gasteiger partial charge on any atom is 0.158 e. The van der Waals surface area contributed by atoms with Gasteiger partial charge in [-0.2, -0.15) is 0 Å². The summed E-state index contributed by atoms with van der Waals surface area (Å²) in [7, 11) is 1.65. The van der Waals surface area contributed by atoms with Crippen LogP contribution in [0.1, 0.15) is 45.4 Å². The minimum absolute atomic E-state index is 0.0558. The first-order chi connectivity index (χ1) is 7.61. The van der Waals surface area contributed by atoms with E-state index in [1.165, 1.54) is 5.57 Å².